The minimum Gasteiger partial charge on any atom is -0.484 e. The second-order valence-electron chi connectivity index (χ2n) is 4.43. The fourth-order valence-corrected chi connectivity index (χ4v) is 1.50. The van der Waals surface area contributed by atoms with Gasteiger partial charge in [0.2, 0.25) is 0 Å². The summed E-state index contributed by atoms with van der Waals surface area (Å²) >= 11 is 0. The van der Waals surface area contributed by atoms with Crippen LogP contribution in [0.25, 0.3) is 0 Å². The van der Waals surface area contributed by atoms with Gasteiger partial charge in [-0.2, -0.15) is 0 Å². The van der Waals surface area contributed by atoms with Crippen molar-refractivity contribution in [2.75, 3.05) is 0 Å². The number of pyridine rings is 1. The van der Waals surface area contributed by atoms with Gasteiger partial charge in [0, 0.05) is 24.3 Å². The Hall–Kier alpha value is -1.81. The highest BCUT2D eigenvalue weighted by molar-refractivity contribution is 5.17. The van der Waals surface area contributed by atoms with Gasteiger partial charge < -0.3 is 14.5 Å². The SMILES string of the molecule is CC(C)NCc1coc(COc2cccnc2)c1. The quantitative estimate of drug-likeness (QED) is 0.851. The maximum atomic E-state index is 5.55. The highest BCUT2D eigenvalue weighted by Gasteiger charge is 2.03. The molecule has 2 aromatic rings. The van der Waals surface area contributed by atoms with E-state index < -0.39 is 0 Å². The third-order valence-corrected chi connectivity index (χ3v) is 2.44. The molecule has 0 spiro atoms. The number of nitrogens with one attached hydrogen (secondary N) is 1. The van der Waals surface area contributed by atoms with Crippen molar-refractivity contribution in [1.82, 2.24) is 10.3 Å². The van der Waals surface area contributed by atoms with E-state index in [4.69, 9.17) is 9.15 Å². The molecule has 0 saturated heterocycles. The normalized spacial score (nSPS) is 10.8. The van der Waals surface area contributed by atoms with E-state index in [1.54, 1.807) is 18.7 Å². The number of aromatic nitrogens is 1. The van der Waals surface area contributed by atoms with E-state index in [1.807, 2.05) is 18.2 Å². The van der Waals surface area contributed by atoms with Gasteiger partial charge in [-0.1, -0.05) is 13.8 Å². The van der Waals surface area contributed by atoms with E-state index in [-0.39, 0.29) is 0 Å². The molecular weight excluding hydrogens is 228 g/mol. The fourth-order valence-electron chi connectivity index (χ4n) is 1.50. The van der Waals surface area contributed by atoms with Crippen molar-refractivity contribution in [3.63, 3.8) is 0 Å². The van der Waals surface area contributed by atoms with Gasteiger partial charge in [-0.15, -0.1) is 0 Å². The van der Waals surface area contributed by atoms with Gasteiger partial charge >= 0.3 is 0 Å². The van der Waals surface area contributed by atoms with Crippen molar-refractivity contribution < 1.29 is 9.15 Å². The summed E-state index contributed by atoms with van der Waals surface area (Å²) in [6, 6.07) is 6.19. The van der Waals surface area contributed by atoms with Gasteiger partial charge in [-0.25, -0.2) is 0 Å². The molecule has 0 radical (unpaired) electrons. The predicted molar refractivity (Wildman–Crippen MR) is 69.3 cm³/mol. The highest BCUT2D eigenvalue weighted by atomic mass is 16.5. The summed E-state index contributed by atoms with van der Waals surface area (Å²) in [4.78, 5) is 3.99. The van der Waals surface area contributed by atoms with Gasteiger partial charge in [0.15, 0.2) is 0 Å². The summed E-state index contributed by atoms with van der Waals surface area (Å²) in [5.74, 6) is 1.56. The number of ether oxygens (including phenoxy) is 1. The molecule has 0 aliphatic carbocycles. The van der Waals surface area contributed by atoms with Crippen molar-refractivity contribution in [1.29, 1.82) is 0 Å². The molecule has 0 aromatic carbocycles. The molecule has 1 N–H and O–H groups in total. The molecule has 0 amide bonds. The third kappa shape index (κ3) is 3.89. The molecule has 0 aliphatic rings. The summed E-state index contributed by atoms with van der Waals surface area (Å²) in [6.07, 6.45) is 5.16. The van der Waals surface area contributed by atoms with Gasteiger partial charge in [0.05, 0.1) is 12.5 Å². The average molecular weight is 246 g/mol. The first-order valence-electron chi connectivity index (χ1n) is 6.06. The van der Waals surface area contributed by atoms with Crippen LogP contribution in [0.1, 0.15) is 25.2 Å². The molecule has 18 heavy (non-hydrogen) atoms. The molecule has 0 bridgehead atoms. The molecular formula is C14H18N2O2. The molecule has 96 valence electrons. The number of rotatable bonds is 6. The molecule has 2 heterocycles. The number of furan rings is 1. The maximum Gasteiger partial charge on any atom is 0.146 e. The van der Waals surface area contributed by atoms with Crippen molar-refractivity contribution in [3.05, 3.63) is 48.2 Å². The maximum absolute atomic E-state index is 5.55. The molecule has 0 unspecified atom stereocenters. The second kappa shape index (κ2) is 6.21. The standard InChI is InChI=1S/C14H18N2O2/c1-11(2)16-7-12-6-14(17-9-12)10-18-13-4-3-5-15-8-13/h3-6,8-9,11,16H,7,10H2,1-2H3. The lowest BCUT2D eigenvalue weighted by molar-refractivity contribution is 0.269. The van der Waals surface area contributed by atoms with Gasteiger partial charge in [-0.05, 0) is 18.2 Å². The van der Waals surface area contributed by atoms with Crippen LogP contribution in [0.15, 0.2) is 41.3 Å². The van der Waals surface area contributed by atoms with Gasteiger partial charge in [-0.3, -0.25) is 4.98 Å². The van der Waals surface area contributed by atoms with E-state index in [1.165, 1.54) is 0 Å². The van der Waals surface area contributed by atoms with Crippen molar-refractivity contribution in [2.45, 2.75) is 33.0 Å². The summed E-state index contributed by atoms with van der Waals surface area (Å²) < 4.78 is 11.0. The zero-order valence-electron chi connectivity index (χ0n) is 10.7. The van der Waals surface area contributed by atoms with Crippen LogP contribution < -0.4 is 10.1 Å². The molecule has 4 heteroatoms. The molecule has 2 aromatic heterocycles. The van der Waals surface area contributed by atoms with Crippen molar-refractivity contribution >= 4 is 0 Å². The molecule has 2 rings (SSSR count). The Kier molecular flexibility index (Phi) is 4.36. The van der Waals surface area contributed by atoms with Crippen molar-refractivity contribution in [3.8, 4) is 5.75 Å². The zero-order chi connectivity index (χ0) is 12.8. The highest BCUT2D eigenvalue weighted by Crippen LogP contribution is 2.13. The summed E-state index contributed by atoms with van der Waals surface area (Å²) in [5, 5.41) is 3.34. The van der Waals surface area contributed by atoms with Gasteiger partial charge in [0.25, 0.3) is 0 Å². The van der Waals surface area contributed by atoms with E-state index in [2.05, 4.69) is 24.1 Å². The Labute approximate surface area is 107 Å². The second-order valence-corrected chi connectivity index (χ2v) is 4.43. The fraction of sp³-hybridized carbons (Fsp3) is 0.357. The Morgan fingerprint density at radius 2 is 2.33 bits per heavy atom. The van der Waals surface area contributed by atoms with Crippen LogP contribution in [-0.4, -0.2) is 11.0 Å². The first kappa shape index (κ1) is 12.6. The number of hydrogen-bond donors (Lipinski definition) is 1. The van der Waals surface area contributed by atoms with Crippen LogP contribution in [-0.2, 0) is 13.2 Å². The summed E-state index contributed by atoms with van der Waals surface area (Å²) in [7, 11) is 0. The monoisotopic (exact) mass is 246 g/mol. The molecule has 0 aliphatic heterocycles. The van der Waals surface area contributed by atoms with Crippen LogP contribution in [0.4, 0.5) is 0 Å². The number of hydrogen-bond acceptors (Lipinski definition) is 4. The first-order valence-corrected chi connectivity index (χ1v) is 6.06. The van der Waals surface area contributed by atoms with Crippen LogP contribution in [0, 0.1) is 0 Å². The smallest absolute Gasteiger partial charge is 0.146 e. The summed E-state index contributed by atoms with van der Waals surface area (Å²) in [6.45, 7) is 5.47. The van der Waals surface area contributed by atoms with Crippen molar-refractivity contribution in [2.24, 2.45) is 0 Å². The van der Waals surface area contributed by atoms with Crippen LogP contribution in [0.2, 0.25) is 0 Å². The van der Waals surface area contributed by atoms with Crippen LogP contribution >= 0.6 is 0 Å². The van der Waals surface area contributed by atoms with E-state index >= 15 is 0 Å². The van der Waals surface area contributed by atoms with Crippen LogP contribution in [0.3, 0.4) is 0 Å². The van der Waals surface area contributed by atoms with E-state index in [0.717, 1.165) is 23.6 Å². The minimum absolute atomic E-state index is 0.424. The Bertz CT molecular complexity index is 466. The third-order valence-electron chi connectivity index (χ3n) is 2.44. The number of nitrogens with zero attached hydrogens (tertiary/aromatic N) is 1. The summed E-state index contributed by atoms with van der Waals surface area (Å²) in [5.41, 5.74) is 1.13. The Morgan fingerprint density at radius 3 is 3.06 bits per heavy atom. The molecule has 0 saturated carbocycles. The van der Waals surface area contributed by atoms with Gasteiger partial charge in [0.1, 0.15) is 18.1 Å². The minimum atomic E-state index is 0.424. The average Bonchev–Trinajstić information content (AvgIpc) is 2.83. The Morgan fingerprint density at radius 1 is 1.44 bits per heavy atom. The molecule has 0 fully saturated rings. The zero-order valence-corrected chi connectivity index (χ0v) is 10.7. The molecule has 4 nitrogen and oxygen atoms in total. The lowest BCUT2D eigenvalue weighted by Gasteiger charge is -2.04. The largest absolute Gasteiger partial charge is 0.484 e. The lowest BCUT2D eigenvalue weighted by atomic mass is 10.3. The van der Waals surface area contributed by atoms with Crippen LogP contribution in [0.5, 0.6) is 5.75 Å². The first-order chi connectivity index (χ1) is 8.74. The Balaban J connectivity index is 1.83. The lowest BCUT2D eigenvalue weighted by Crippen LogP contribution is -2.21. The van der Waals surface area contributed by atoms with E-state index in [9.17, 15) is 0 Å². The van der Waals surface area contributed by atoms with E-state index in [0.29, 0.717) is 12.6 Å². The predicted octanol–water partition coefficient (Wildman–Crippen LogP) is 2.75. The topological polar surface area (TPSA) is 47.3 Å². The molecule has 0 atom stereocenters.